The van der Waals surface area contributed by atoms with E-state index < -0.39 is 11.6 Å². The zero-order chi connectivity index (χ0) is 18.4. The molecule has 1 aliphatic carbocycles. The van der Waals surface area contributed by atoms with Crippen LogP contribution in [0.5, 0.6) is 0 Å². The Morgan fingerprint density at radius 2 is 2.00 bits per heavy atom. The Morgan fingerprint density at radius 1 is 1.32 bits per heavy atom. The fraction of sp³-hybridized carbons (Fsp3) is 0.842. The van der Waals surface area contributed by atoms with Crippen LogP contribution in [0.25, 0.3) is 0 Å². The monoisotopic (exact) mass is 351 g/mol. The lowest BCUT2D eigenvalue weighted by atomic mass is 9.77. The number of carbonyl (C=O) groups excluding carboxylic acids is 3. The first kappa shape index (κ1) is 19.7. The summed E-state index contributed by atoms with van der Waals surface area (Å²) in [6.45, 7) is 6.89. The molecule has 2 N–H and O–H groups in total. The minimum Gasteiger partial charge on any atom is -0.354 e. The van der Waals surface area contributed by atoms with Crippen LogP contribution in [-0.4, -0.2) is 41.4 Å². The summed E-state index contributed by atoms with van der Waals surface area (Å²) in [4.78, 5) is 38.3. The SMILES string of the molecule is CCCC[C@@H](CC)CNC(=O)CN1C(=O)NC2(CCC(C)CC2)C1=O. The van der Waals surface area contributed by atoms with Gasteiger partial charge in [-0.2, -0.15) is 0 Å². The van der Waals surface area contributed by atoms with Gasteiger partial charge in [0.2, 0.25) is 5.91 Å². The molecule has 0 aromatic heterocycles. The number of amides is 4. The lowest BCUT2D eigenvalue weighted by Crippen LogP contribution is -2.50. The predicted molar refractivity (Wildman–Crippen MR) is 96.9 cm³/mol. The molecule has 1 aliphatic heterocycles. The number of urea groups is 1. The normalized spacial score (nSPS) is 27.5. The minimum atomic E-state index is -0.767. The highest BCUT2D eigenvalue weighted by Crippen LogP contribution is 2.36. The largest absolute Gasteiger partial charge is 0.354 e. The van der Waals surface area contributed by atoms with E-state index in [-0.39, 0.29) is 18.4 Å². The van der Waals surface area contributed by atoms with E-state index in [1.165, 1.54) is 0 Å². The highest BCUT2D eigenvalue weighted by atomic mass is 16.2. The molecule has 1 saturated carbocycles. The maximum absolute atomic E-state index is 12.7. The summed E-state index contributed by atoms with van der Waals surface area (Å²) >= 11 is 0. The Labute approximate surface area is 151 Å². The molecule has 4 amide bonds. The van der Waals surface area contributed by atoms with Gasteiger partial charge in [0.25, 0.3) is 5.91 Å². The molecular formula is C19H33N3O3. The van der Waals surface area contributed by atoms with Gasteiger partial charge in [-0.25, -0.2) is 4.79 Å². The van der Waals surface area contributed by atoms with Gasteiger partial charge in [-0.1, -0.05) is 40.0 Å². The standard InChI is InChI=1S/C19H33N3O3/c1-4-6-7-15(5-2)12-20-16(23)13-22-17(24)19(21-18(22)25)10-8-14(3)9-11-19/h14-15H,4-13H2,1-3H3,(H,20,23)(H,21,25)/t14?,15-,19?/m1/s1. The molecule has 6 heteroatoms. The average molecular weight is 351 g/mol. The number of carbonyl (C=O) groups is 3. The molecule has 1 atom stereocenters. The van der Waals surface area contributed by atoms with Gasteiger partial charge in [0.15, 0.2) is 0 Å². The lowest BCUT2D eigenvalue weighted by molar-refractivity contribution is -0.136. The van der Waals surface area contributed by atoms with Crippen LogP contribution in [0.1, 0.15) is 72.1 Å². The second-order valence-corrected chi connectivity index (χ2v) is 7.81. The third-order valence-corrected chi connectivity index (χ3v) is 5.81. The van der Waals surface area contributed by atoms with Crippen LogP contribution in [0.3, 0.4) is 0 Å². The van der Waals surface area contributed by atoms with E-state index in [1.807, 2.05) is 0 Å². The molecule has 25 heavy (non-hydrogen) atoms. The first-order valence-corrected chi connectivity index (χ1v) is 9.82. The zero-order valence-corrected chi connectivity index (χ0v) is 15.9. The van der Waals surface area contributed by atoms with Gasteiger partial charge in [0.1, 0.15) is 12.1 Å². The Kier molecular flexibility index (Phi) is 6.85. The van der Waals surface area contributed by atoms with Gasteiger partial charge in [0.05, 0.1) is 0 Å². The quantitative estimate of drug-likeness (QED) is 0.660. The lowest BCUT2D eigenvalue weighted by Gasteiger charge is -2.33. The molecule has 1 spiro atoms. The van der Waals surface area contributed by atoms with Crippen LogP contribution in [0.4, 0.5) is 4.79 Å². The van der Waals surface area contributed by atoms with E-state index in [4.69, 9.17) is 0 Å². The third-order valence-electron chi connectivity index (χ3n) is 5.81. The fourth-order valence-corrected chi connectivity index (χ4v) is 3.81. The summed E-state index contributed by atoms with van der Waals surface area (Å²) in [5.41, 5.74) is -0.767. The number of hydrogen-bond donors (Lipinski definition) is 2. The summed E-state index contributed by atoms with van der Waals surface area (Å²) in [6.07, 6.45) is 7.62. The van der Waals surface area contributed by atoms with Crippen molar-refractivity contribution in [2.45, 2.75) is 77.7 Å². The van der Waals surface area contributed by atoms with Crippen molar-refractivity contribution in [2.24, 2.45) is 11.8 Å². The Morgan fingerprint density at radius 3 is 2.60 bits per heavy atom. The van der Waals surface area contributed by atoms with E-state index in [2.05, 4.69) is 31.4 Å². The number of unbranched alkanes of at least 4 members (excludes halogenated alkanes) is 1. The van der Waals surface area contributed by atoms with Crippen molar-refractivity contribution in [3.8, 4) is 0 Å². The van der Waals surface area contributed by atoms with Gasteiger partial charge < -0.3 is 10.6 Å². The van der Waals surface area contributed by atoms with Gasteiger partial charge in [-0.05, 0) is 43.9 Å². The van der Waals surface area contributed by atoms with E-state index in [9.17, 15) is 14.4 Å². The molecule has 2 fully saturated rings. The number of hydrogen-bond acceptors (Lipinski definition) is 3. The van der Waals surface area contributed by atoms with Crippen molar-refractivity contribution in [3.63, 3.8) is 0 Å². The van der Waals surface area contributed by atoms with Crippen LogP contribution >= 0.6 is 0 Å². The number of rotatable bonds is 8. The topological polar surface area (TPSA) is 78.5 Å². The average Bonchev–Trinajstić information content (AvgIpc) is 2.82. The molecule has 0 bridgehead atoms. The van der Waals surface area contributed by atoms with Crippen molar-refractivity contribution >= 4 is 17.8 Å². The van der Waals surface area contributed by atoms with Gasteiger partial charge >= 0.3 is 6.03 Å². The molecule has 0 aromatic carbocycles. The molecule has 1 saturated heterocycles. The van der Waals surface area contributed by atoms with Gasteiger partial charge in [-0.15, -0.1) is 0 Å². The van der Waals surface area contributed by atoms with Crippen LogP contribution < -0.4 is 10.6 Å². The molecule has 0 unspecified atom stereocenters. The number of imide groups is 1. The molecular weight excluding hydrogens is 318 g/mol. The van der Waals surface area contributed by atoms with E-state index >= 15 is 0 Å². The Bertz CT molecular complexity index is 498. The second-order valence-electron chi connectivity index (χ2n) is 7.81. The van der Waals surface area contributed by atoms with Crippen LogP contribution in [0.15, 0.2) is 0 Å². The third kappa shape index (κ3) is 4.73. The zero-order valence-electron chi connectivity index (χ0n) is 15.9. The number of nitrogens with one attached hydrogen (secondary N) is 2. The Balaban J connectivity index is 1.86. The van der Waals surface area contributed by atoms with E-state index in [1.54, 1.807) is 0 Å². The van der Waals surface area contributed by atoms with E-state index in [0.29, 0.717) is 31.2 Å². The highest BCUT2D eigenvalue weighted by Gasteiger charge is 2.52. The Hall–Kier alpha value is -1.59. The molecule has 2 rings (SSSR count). The summed E-state index contributed by atoms with van der Waals surface area (Å²) in [6, 6.07) is -0.423. The van der Waals surface area contributed by atoms with Crippen LogP contribution in [-0.2, 0) is 9.59 Å². The highest BCUT2D eigenvalue weighted by molar-refractivity contribution is 6.09. The summed E-state index contributed by atoms with van der Waals surface area (Å²) in [5.74, 6) is 0.567. The second kappa shape index (κ2) is 8.68. The molecule has 142 valence electrons. The smallest absolute Gasteiger partial charge is 0.325 e. The first-order valence-electron chi connectivity index (χ1n) is 9.82. The van der Waals surface area contributed by atoms with E-state index in [0.717, 1.165) is 43.4 Å². The molecule has 0 radical (unpaired) electrons. The maximum atomic E-state index is 12.7. The van der Waals surface area contributed by atoms with Crippen molar-refractivity contribution in [1.29, 1.82) is 0 Å². The molecule has 2 aliphatic rings. The first-order chi connectivity index (χ1) is 11.9. The molecule has 6 nitrogen and oxygen atoms in total. The summed E-state index contributed by atoms with van der Waals surface area (Å²) in [7, 11) is 0. The van der Waals surface area contributed by atoms with Crippen molar-refractivity contribution in [2.75, 3.05) is 13.1 Å². The van der Waals surface area contributed by atoms with Crippen molar-refractivity contribution < 1.29 is 14.4 Å². The maximum Gasteiger partial charge on any atom is 0.325 e. The van der Waals surface area contributed by atoms with Crippen LogP contribution in [0.2, 0.25) is 0 Å². The predicted octanol–water partition coefficient (Wildman–Crippen LogP) is 2.82. The molecule has 0 aromatic rings. The van der Waals surface area contributed by atoms with Crippen LogP contribution in [0, 0.1) is 11.8 Å². The van der Waals surface area contributed by atoms with Crippen molar-refractivity contribution in [3.05, 3.63) is 0 Å². The molecule has 1 heterocycles. The van der Waals surface area contributed by atoms with Crippen molar-refractivity contribution in [1.82, 2.24) is 15.5 Å². The van der Waals surface area contributed by atoms with Gasteiger partial charge in [-0.3, -0.25) is 14.5 Å². The minimum absolute atomic E-state index is 0.174. The summed E-state index contributed by atoms with van der Waals surface area (Å²) < 4.78 is 0. The summed E-state index contributed by atoms with van der Waals surface area (Å²) in [5, 5.41) is 5.75. The fourth-order valence-electron chi connectivity index (χ4n) is 3.81. The van der Waals surface area contributed by atoms with Gasteiger partial charge in [0, 0.05) is 6.54 Å². The number of nitrogens with zero attached hydrogens (tertiary/aromatic N) is 1.